The Hall–Kier alpha value is -2.95. The van der Waals surface area contributed by atoms with Gasteiger partial charge in [0.1, 0.15) is 11.6 Å². The van der Waals surface area contributed by atoms with Gasteiger partial charge in [-0.15, -0.1) is 0 Å². The molecule has 5 N–H and O–H groups in total. The minimum Gasteiger partial charge on any atom is -0.396 e. The first-order chi connectivity index (χ1) is 13.0. The Morgan fingerprint density at radius 3 is 2.07 bits per heavy atom. The van der Waals surface area contributed by atoms with E-state index in [2.05, 4.69) is 15.0 Å². The molecule has 140 valence electrons. The van der Waals surface area contributed by atoms with Gasteiger partial charge in [-0.2, -0.15) is 0 Å². The first-order valence-corrected chi connectivity index (χ1v) is 8.72. The predicted molar refractivity (Wildman–Crippen MR) is 110 cm³/mol. The normalized spacial score (nSPS) is 9.59. The van der Waals surface area contributed by atoms with E-state index in [1.807, 2.05) is 22.6 Å². The molecule has 0 saturated heterocycles. The zero-order chi connectivity index (χ0) is 19.6. The molecular formula is C18H17F2IN6. The van der Waals surface area contributed by atoms with Crippen molar-refractivity contribution in [1.82, 2.24) is 19.5 Å². The van der Waals surface area contributed by atoms with Gasteiger partial charge in [0, 0.05) is 40.1 Å². The molecule has 0 saturated carbocycles. The van der Waals surface area contributed by atoms with E-state index in [1.54, 1.807) is 60.2 Å². The van der Waals surface area contributed by atoms with Crippen molar-refractivity contribution in [3.05, 3.63) is 89.0 Å². The molecule has 0 spiro atoms. The summed E-state index contributed by atoms with van der Waals surface area (Å²) in [6.07, 6.45) is 10.1. The average molecular weight is 482 g/mol. The van der Waals surface area contributed by atoms with Crippen LogP contribution in [0.3, 0.4) is 0 Å². The quantitative estimate of drug-likeness (QED) is 0.282. The molecule has 0 unspecified atom stereocenters. The van der Waals surface area contributed by atoms with Gasteiger partial charge in [0.2, 0.25) is 0 Å². The summed E-state index contributed by atoms with van der Waals surface area (Å²) in [5.41, 5.74) is 11.6. The molecule has 0 bridgehead atoms. The van der Waals surface area contributed by atoms with Crippen LogP contribution < -0.4 is 11.5 Å². The number of anilines is 2. The van der Waals surface area contributed by atoms with Gasteiger partial charge < -0.3 is 21.0 Å². The van der Waals surface area contributed by atoms with E-state index in [0.717, 1.165) is 3.57 Å². The molecule has 0 aliphatic carbocycles. The Labute approximate surface area is 168 Å². The van der Waals surface area contributed by atoms with Crippen LogP contribution in [-0.4, -0.2) is 19.5 Å². The molecule has 4 aromatic rings. The van der Waals surface area contributed by atoms with Gasteiger partial charge in [-0.3, -0.25) is 0 Å². The van der Waals surface area contributed by atoms with Gasteiger partial charge >= 0.3 is 0 Å². The number of nitrogens with one attached hydrogen (secondary N) is 1. The molecule has 0 radical (unpaired) electrons. The Morgan fingerprint density at radius 1 is 0.926 bits per heavy atom. The second kappa shape index (κ2) is 10.3. The Bertz CT molecular complexity index is 925. The van der Waals surface area contributed by atoms with Crippen LogP contribution in [0.25, 0.3) is 5.69 Å². The number of hydrogen-bond donors (Lipinski definition) is 3. The van der Waals surface area contributed by atoms with Crippen LogP contribution in [0.4, 0.5) is 20.2 Å². The highest BCUT2D eigenvalue weighted by molar-refractivity contribution is 14.1. The van der Waals surface area contributed by atoms with Crippen molar-refractivity contribution in [2.75, 3.05) is 11.5 Å². The van der Waals surface area contributed by atoms with E-state index in [0.29, 0.717) is 5.69 Å². The van der Waals surface area contributed by atoms with Gasteiger partial charge in [-0.05, 0) is 52.9 Å². The number of H-pyrrole nitrogens is 1. The number of rotatable bonds is 1. The van der Waals surface area contributed by atoms with Gasteiger partial charge in [-0.1, -0.05) is 0 Å². The molecule has 0 amide bonds. The standard InChI is InChI=1S/C9H8FN3.C6H5FIN.C3H4N2/c10-8-5-7(1-2-9(8)11)13-4-3-12-6-13;7-5-3-4(8)1-2-6(5)9;1-2-5-3-4-1/h1-6H,11H2;1-3H,9H2;1-3H,(H,4,5). The number of benzene rings is 2. The first kappa shape index (κ1) is 20.4. The highest BCUT2D eigenvalue weighted by atomic mass is 127. The van der Waals surface area contributed by atoms with Crippen molar-refractivity contribution in [3.8, 4) is 5.69 Å². The summed E-state index contributed by atoms with van der Waals surface area (Å²) in [6, 6.07) is 9.35. The van der Waals surface area contributed by atoms with Crippen molar-refractivity contribution in [2.24, 2.45) is 0 Å². The number of imidazole rings is 2. The summed E-state index contributed by atoms with van der Waals surface area (Å²) >= 11 is 2.03. The molecule has 9 heteroatoms. The van der Waals surface area contributed by atoms with E-state index < -0.39 is 5.82 Å². The molecule has 2 aromatic heterocycles. The minimum atomic E-state index is -0.411. The first-order valence-electron chi connectivity index (χ1n) is 7.64. The summed E-state index contributed by atoms with van der Waals surface area (Å²) in [6.45, 7) is 0. The summed E-state index contributed by atoms with van der Waals surface area (Å²) in [7, 11) is 0. The largest absolute Gasteiger partial charge is 0.396 e. The van der Waals surface area contributed by atoms with Crippen LogP contribution in [0.1, 0.15) is 0 Å². The molecule has 6 nitrogen and oxygen atoms in total. The maximum atomic E-state index is 13.0. The minimum absolute atomic E-state index is 0.156. The van der Waals surface area contributed by atoms with E-state index in [-0.39, 0.29) is 17.2 Å². The van der Waals surface area contributed by atoms with Crippen LogP contribution in [0.15, 0.2) is 73.8 Å². The Kier molecular flexibility index (Phi) is 7.74. The van der Waals surface area contributed by atoms with Crippen molar-refractivity contribution in [2.45, 2.75) is 0 Å². The van der Waals surface area contributed by atoms with Crippen LogP contribution in [0, 0.1) is 15.2 Å². The van der Waals surface area contributed by atoms with Gasteiger partial charge in [-0.25, -0.2) is 18.7 Å². The van der Waals surface area contributed by atoms with Crippen molar-refractivity contribution in [3.63, 3.8) is 0 Å². The van der Waals surface area contributed by atoms with Gasteiger partial charge in [0.15, 0.2) is 0 Å². The van der Waals surface area contributed by atoms with Crippen LogP contribution in [-0.2, 0) is 0 Å². The third kappa shape index (κ3) is 6.70. The number of halogens is 3. The summed E-state index contributed by atoms with van der Waals surface area (Å²) in [4.78, 5) is 10.3. The maximum Gasteiger partial charge on any atom is 0.148 e. The highest BCUT2D eigenvalue weighted by Gasteiger charge is 2.00. The highest BCUT2D eigenvalue weighted by Crippen LogP contribution is 2.15. The lowest BCUT2D eigenvalue weighted by molar-refractivity contribution is 0.631. The molecule has 27 heavy (non-hydrogen) atoms. The number of aromatic nitrogens is 4. The zero-order valence-corrected chi connectivity index (χ0v) is 16.2. The fourth-order valence-corrected chi connectivity index (χ4v) is 2.26. The number of nitrogens with zero attached hydrogens (tertiary/aromatic N) is 3. The molecule has 2 heterocycles. The van der Waals surface area contributed by atoms with Gasteiger partial charge in [0.25, 0.3) is 0 Å². The lowest BCUT2D eigenvalue weighted by Crippen LogP contribution is -1.94. The fourth-order valence-electron chi connectivity index (χ4n) is 1.81. The number of hydrogen-bond acceptors (Lipinski definition) is 4. The van der Waals surface area contributed by atoms with Crippen LogP contribution in [0.2, 0.25) is 0 Å². The number of nitrogens with two attached hydrogens (primary N) is 2. The van der Waals surface area contributed by atoms with E-state index >= 15 is 0 Å². The second-order valence-electron chi connectivity index (χ2n) is 5.10. The lowest BCUT2D eigenvalue weighted by atomic mass is 10.2. The summed E-state index contributed by atoms with van der Waals surface area (Å²) < 4.78 is 28.0. The fraction of sp³-hybridized carbons (Fsp3) is 0. The molecule has 4 rings (SSSR count). The third-order valence-electron chi connectivity index (χ3n) is 3.15. The summed E-state index contributed by atoms with van der Waals surface area (Å²) in [5.74, 6) is -0.756. The monoisotopic (exact) mass is 482 g/mol. The van der Waals surface area contributed by atoms with Crippen molar-refractivity contribution >= 4 is 34.0 Å². The van der Waals surface area contributed by atoms with E-state index in [9.17, 15) is 8.78 Å². The Morgan fingerprint density at radius 2 is 1.63 bits per heavy atom. The molecule has 0 fully saturated rings. The summed E-state index contributed by atoms with van der Waals surface area (Å²) in [5, 5.41) is 0. The SMILES string of the molecule is Nc1ccc(-n2ccnc2)cc1F.Nc1ccc(I)cc1F.c1c[nH]cn1. The lowest BCUT2D eigenvalue weighted by Gasteiger charge is -2.02. The zero-order valence-electron chi connectivity index (χ0n) is 14.1. The third-order valence-corrected chi connectivity index (χ3v) is 3.83. The smallest absolute Gasteiger partial charge is 0.148 e. The van der Waals surface area contributed by atoms with Crippen molar-refractivity contribution in [1.29, 1.82) is 0 Å². The topological polar surface area (TPSA) is 98.5 Å². The van der Waals surface area contributed by atoms with Crippen molar-refractivity contribution < 1.29 is 8.78 Å². The van der Waals surface area contributed by atoms with E-state index in [1.165, 1.54) is 18.2 Å². The molecule has 0 atom stereocenters. The molecule has 0 aliphatic rings. The second-order valence-corrected chi connectivity index (χ2v) is 6.35. The van der Waals surface area contributed by atoms with Crippen LogP contribution in [0.5, 0.6) is 0 Å². The van der Waals surface area contributed by atoms with E-state index in [4.69, 9.17) is 11.5 Å². The Balaban J connectivity index is 0.000000161. The average Bonchev–Trinajstić information content (AvgIpc) is 3.37. The molecule has 0 aliphatic heterocycles. The van der Waals surface area contributed by atoms with Gasteiger partial charge in [0.05, 0.1) is 24.0 Å². The molecular weight excluding hydrogens is 465 g/mol. The predicted octanol–water partition coefficient (Wildman–Crippen LogP) is 4.02. The maximum absolute atomic E-state index is 13.0. The number of aromatic amines is 1. The molecule has 2 aromatic carbocycles. The number of nitrogen functional groups attached to an aromatic ring is 2. The van der Waals surface area contributed by atoms with Crippen LogP contribution >= 0.6 is 22.6 Å².